The van der Waals surface area contributed by atoms with Crippen molar-refractivity contribution in [3.05, 3.63) is 58.0 Å². The number of amides is 1. The van der Waals surface area contributed by atoms with Gasteiger partial charge in [-0.1, -0.05) is 18.2 Å². The van der Waals surface area contributed by atoms with Crippen LogP contribution in [0.3, 0.4) is 0 Å². The van der Waals surface area contributed by atoms with Crippen LogP contribution in [0.5, 0.6) is 0 Å². The van der Waals surface area contributed by atoms with Gasteiger partial charge in [0.1, 0.15) is 11.9 Å². The van der Waals surface area contributed by atoms with E-state index in [0.29, 0.717) is 12.8 Å². The van der Waals surface area contributed by atoms with Gasteiger partial charge in [-0.25, -0.2) is 4.39 Å². The molecule has 0 bridgehead atoms. The highest BCUT2D eigenvalue weighted by Crippen LogP contribution is 2.19. The molecular formula is C16H18FNO2S. The highest BCUT2D eigenvalue weighted by molar-refractivity contribution is 7.10. The lowest BCUT2D eigenvalue weighted by Gasteiger charge is -2.20. The molecule has 0 saturated carbocycles. The zero-order valence-electron chi connectivity index (χ0n) is 11.8. The first kappa shape index (κ1) is 15.7. The van der Waals surface area contributed by atoms with Gasteiger partial charge in [-0.15, -0.1) is 11.3 Å². The van der Waals surface area contributed by atoms with Gasteiger partial charge in [-0.2, -0.15) is 0 Å². The molecule has 21 heavy (non-hydrogen) atoms. The Balaban J connectivity index is 1.82. The number of thiophene rings is 1. The van der Waals surface area contributed by atoms with Gasteiger partial charge in [0.25, 0.3) is 0 Å². The first-order valence-electron chi connectivity index (χ1n) is 6.76. The van der Waals surface area contributed by atoms with E-state index >= 15 is 0 Å². The van der Waals surface area contributed by atoms with Gasteiger partial charge in [0, 0.05) is 18.3 Å². The molecule has 1 amide bonds. The van der Waals surface area contributed by atoms with Crippen molar-refractivity contribution in [3.8, 4) is 0 Å². The number of carbonyl (C=O) groups excluding carboxylic acids is 1. The molecule has 1 unspecified atom stereocenters. The Morgan fingerprint density at radius 2 is 2.19 bits per heavy atom. The molecule has 2 aromatic rings. The second-order valence-electron chi connectivity index (χ2n) is 4.94. The number of aliphatic hydroxyl groups is 1. The predicted molar refractivity (Wildman–Crippen MR) is 81.6 cm³/mol. The minimum atomic E-state index is -0.659. The third-order valence-electron chi connectivity index (χ3n) is 3.26. The van der Waals surface area contributed by atoms with Crippen molar-refractivity contribution in [2.24, 2.45) is 0 Å². The fourth-order valence-corrected chi connectivity index (χ4v) is 2.77. The molecule has 2 rings (SSSR count). The largest absolute Gasteiger partial charge is 0.386 e. The van der Waals surface area contributed by atoms with E-state index in [9.17, 15) is 14.3 Å². The number of benzene rings is 1. The Morgan fingerprint density at radius 1 is 1.38 bits per heavy atom. The summed E-state index contributed by atoms with van der Waals surface area (Å²) in [4.78, 5) is 14.4. The van der Waals surface area contributed by atoms with Gasteiger partial charge in [0.05, 0.1) is 6.54 Å². The molecule has 0 fully saturated rings. The molecule has 1 atom stereocenters. The normalized spacial score (nSPS) is 12.1. The van der Waals surface area contributed by atoms with Crippen molar-refractivity contribution >= 4 is 17.2 Å². The number of hydrogen-bond donors (Lipinski definition) is 1. The predicted octanol–water partition coefficient (Wildman–Crippen LogP) is 3.01. The maximum absolute atomic E-state index is 13.1. The highest BCUT2D eigenvalue weighted by Gasteiger charge is 2.15. The number of halogens is 1. The number of rotatable bonds is 6. The topological polar surface area (TPSA) is 40.5 Å². The zero-order chi connectivity index (χ0) is 15.2. The standard InChI is InChI=1S/C16H18FNO2S/c1-18(11-14(19)15-6-3-9-21-15)16(20)8-7-12-4-2-5-13(17)10-12/h2-6,9-10,14,19H,7-8,11H2,1H3. The molecule has 0 radical (unpaired) electrons. The van der Waals surface area contributed by atoms with Gasteiger partial charge in [0.2, 0.25) is 5.91 Å². The van der Waals surface area contributed by atoms with E-state index < -0.39 is 6.10 Å². The third kappa shape index (κ3) is 4.65. The van der Waals surface area contributed by atoms with Crippen LogP contribution in [0, 0.1) is 5.82 Å². The molecule has 1 aromatic heterocycles. The Morgan fingerprint density at radius 3 is 2.86 bits per heavy atom. The van der Waals surface area contributed by atoms with Crippen LogP contribution in [0.25, 0.3) is 0 Å². The van der Waals surface area contributed by atoms with Crippen molar-refractivity contribution in [1.82, 2.24) is 4.90 Å². The van der Waals surface area contributed by atoms with E-state index in [1.807, 2.05) is 17.5 Å². The van der Waals surface area contributed by atoms with Crippen LogP contribution in [0.1, 0.15) is 23.0 Å². The average molecular weight is 307 g/mol. The maximum atomic E-state index is 13.1. The summed E-state index contributed by atoms with van der Waals surface area (Å²) in [5, 5.41) is 11.9. The van der Waals surface area contributed by atoms with Gasteiger partial charge in [0.15, 0.2) is 0 Å². The average Bonchev–Trinajstić information content (AvgIpc) is 2.99. The summed E-state index contributed by atoms with van der Waals surface area (Å²) >= 11 is 1.47. The molecule has 0 spiro atoms. The van der Waals surface area contributed by atoms with Gasteiger partial charge < -0.3 is 10.0 Å². The minimum absolute atomic E-state index is 0.0603. The summed E-state index contributed by atoms with van der Waals surface area (Å²) in [6, 6.07) is 9.98. The Bertz CT molecular complexity index is 586. The lowest BCUT2D eigenvalue weighted by Crippen LogP contribution is -2.31. The second kappa shape index (κ2) is 7.33. The van der Waals surface area contributed by atoms with E-state index in [0.717, 1.165) is 10.4 Å². The smallest absolute Gasteiger partial charge is 0.222 e. The summed E-state index contributed by atoms with van der Waals surface area (Å²) in [5.41, 5.74) is 0.801. The van der Waals surface area contributed by atoms with Crippen LogP contribution < -0.4 is 0 Å². The summed E-state index contributed by atoms with van der Waals surface area (Å²) < 4.78 is 13.1. The Kier molecular flexibility index (Phi) is 5.47. The van der Waals surface area contributed by atoms with E-state index in [4.69, 9.17) is 0 Å². The van der Waals surface area contributed by atoms with Crippen molar-refractivity contribution in [3.63, 3.8) is 0 Å². The first-order chi connectivity index (χ1) is 10.1. The van der Waals surface area contributed by atoms with Crippen molar-refractivity contribution in [1.29, 1.82) is 0 Å². The fraction of sp³-hybridized carbons (Fsp3) is 0.312. The molecule has 1 aromatic carbocycles. The first-order valence-corrected chi connectivity index (χ1v) is 7.64. The molecule has 112 valence electrons. The van der Waals surface area contributed by atoms with Crippen molar-refractivity contribution < 1.29 is 14.3 Å². The molecular weight excluding hydrogens is 289 g/mol. The molecule has 3 nitrogen and oxygen atoms in total. The van der Waals surface area contributed by atoms with Crippen molar-refractivity contribution in [2.75, 3.05) is 13.6 Å². The van der Waals surface area contributed by atoms with Crippen LogP contribution in [0.2, 0.25) is 0 Å². The molecule has 5 heteroatoms. The van der Waals surface area contributed by atoms with E-state index in [2.05, 4.69) is 0 Å². The molecule has 0 aliphatic carbocycles. The van der Waals surface area contributed by atoms with Gasteiger partial charge in [-0.3, -0.25) is 4.79 Å². The van der Waals surface area contributed by atoms with Gasteiger partial charge in [-0.05, 0) is 35.6 Å². The van der Waals surface area contributed by atoms with E-state index in [1.165, 1.54) is 28.4 Å². The molecule has 0 aliphatic heterocycles. The van der Waals surface area contributed by atoms with Crippen LogP contribution in [0.4, 0.5) is 4.39 Å². The van der Waals surface area contributed by atoms with Crippen molar-refractivity contribution in [2.45, 2.75) is 18.9 Å². The van der Waals surface area contributed by atoms with Crippen LogP contribution in [0.15, 0.2) is 41.8 Å². The summed E-state index contributed by atoms with van der Waals surface area (Å²) in [6.07, 6.45) is 0.140. The molecule has 0 aliphatic rings. The number of likely N-dealkylation sites (N-methyl/N-ethyl adjacent to an activating group) is 1. The fourth-order valence-electron chi connectivity index (χ4n) is 2.07. The summed E-state index contributed by atoms with van der Waals surface area (Å²) in [7, 11) is 1.67. The molecule has 1 heterocycles. The lowest BCUT2D eigenvalue weighted by molar-refractivity contribution is -0.131. The maximum Gasteiger partial charge on any atom is 0.222 e. The van der Waals surface area contributed by atoms with Crippen LogP contribution in [-0.2, 0) is 11.2 Å². The zero-order valence-corrected chi connectivity index (χ0v) is 12.6. The molecule has 1 N–H and O–H groups in total. The summed E-state index contributed by atoms with van der Waals surface area (Å²) in [6.45, 7) is 0.266. The number of hydrogen-bond acceptors (Lipinski definition) is 3. The number of nitrogens with zero attached hydrogens (tertiary/aromatic N) is 1. The van der Waals surface area contributed by atoms with Crippen LogP contribution in [-0.4, -0.2) is 29.5 Å². The Hall–Kier alpha value is -1.72. The van der Waals surface area contributed by atoms with Gasteiger partial charge >= 0.3 is 0 Å². The van der Waals surface area contributed by atoms with Crippen LogP contribution >= 0.6 is 11.3 Å². The monoisotopic (exact) mass is 307 g/mol. The SMILES string of the molecule is CN(CC(O)c1cccs1)C(=O)CCc1cccc(F)c1. The van der Waals surface area contributed by atoms with E-state index in [1.54, 1.807) is 19.2 Å². The number of aryl methyl sites for hydroxylation is 1. The minimum Gasteiger partial charge on any atom is -0.386 e. The summed E-state index contributed by atoms with van der Waals surface area (Å²) in [5.74, 6) is -0.351. The second-order valence-corrected chi connectivity index (χ2v) is 5.91. The van der Waals surface area contributed by atoms with E-state index in [-0.39, 0.29) is 18.3 Å². The number of carbonyl (C=O) groups is 1. The number of aliphatic hydroxyl groups excluding tert-OH is 1. The lowest BCUT2D eigenvalue weighted by atomic mass is 10.1. The highest BCUT2D eigenvalue weighted by atomic mass is 32.1. The molecule has 0 saturated heterocycles. The quantitative estimate of drug-likeness (QED) is 0.891. The Labute approximate surface area is 127 Å². The third-order valence-corrected chi connectivity index (χ3v) is 4.23.